The van der Waals surface area contributed by atoms with Gasteiger partial charge in [0, 0.05) is 43.9 Å². The molecule has 0 aliphatic carbocycles. The summed E-state index contributed by atoms with van der Waals surface area (Å²) in [5, 5.41) is 0. The predicted molar refractivity (Wildman–Crippen MR) is 70.2 cm³/mol. The number of hydrogen-bond acceptors (Lipinski definition) is 3. The van der Waals surface area contributed by atoms with Crippen molar-refractivity contribution in [1.29, 1.82) is 0 Å². The van der Waals surface area contributed by atoms with Gasteiger partial charge < -0.3 is 0 Å². The lowest BCUT2D eigenvalue weighted by Crippen LogP contribution is -2.51. The van der Waals surface area contributed by atoms with Crippen molar-refractivity contribution in [3.05, 3.63) is 29.6 Å². The first-order valence-corrected chi connectivity index (χ1v) is 6.91. The van der Waals surface area contributed by atoms with Gasteiger partial charge in [-0.15, -0.1) is 0 Å². The molecule has 3 heterocycles. The zero-order valence-corrected chi connectivity index (χ0v) is 10.9. The molecule has 2 unspecified atom stereocenters. The number of aromatic nitrogens is 1. The number of carbonyl (C=O) groups excluding carboxylic acids is 1. The van der Waals surface area contributed by atoms with Crippen LogP contribution in [0, 0.1) is 6.92 Å². The summed E-state index contributed by atoms with van der Waals surface area (Å²) in [7, 11) is 0. The lowest BCUT2D eigenvalue weighted by Gasteiger charge is -2.45. The van der Waals surface area contributed by atoms with Crippen molar-refractivity contribution in [3.63, 3.8) is 0 Å². The van der Waals surface area contributed by atoms with Crippen LogP contribution in [0.2, 0.25) is 0 Å². The highest BCUT2D eigenvalue weighted by Gasteiger charge is 2.37. The summed E-state index contributed by atoms with van der Waals surface area (Å²) in [5.74, 6) is 0.462. The SMILES string of the molecule is Cc1ccncc1CN1C2CCCC1CC(=O)C2. The van der Waals surface area contributed by atoms with Crippen molar-refractivity contribution in [3.8, 4) is 0 Å². The fourth-order valence-electron chi connectivity index (χ4n) is 3.38. The van der Waals surface area contributed by atoms with Gasteiger partial charge in [0.1, 0.15) is 5.78 Å². The second-order valence-electron chi connectivity index (χ2n) is 5.66. The lowest BCUT2D eigenvalue weighted by atomic mass is 9.83. The van der Waals surface area contributed by atoms with E-state index in [0.717, 1.165) is 19.4 Å². The van der Waals surface area contributed by atoms with Gasteiger partial charge in [0.2, 0.25) is 0 Å². The number of aryl methyl sites for hydroxylation is 1. The zero-order valence-electron chi connectivity index (χ0n) is 10.9. The normalized spacial score (nSPS) is 28.4. The maximum absolute atomic E-state index is 11.7. The van der Waals surface area contributed by atoms with Crippen LogP contribution < -0.4 is 0 Å². The van der Waals surface area contributed by atoms with Crippen LogP contribution in [0.3, 0.4) is 0 Å². The zero-order chi connectivity index (χ0) is 12.5. The minimum Gasteiger partial charge on any atom is -0.300 e. The van der Waals surface area contributed by atoms with E-state index >= 15 is 0 Å². The Morgan fingerprint density at radius 3 is 2.72 bits per heavy atom. The number of pyridine rings is 1. The van der Waals surface area contributed by atoms with Gasteiger partial charge in [-0.2, -0.15) is 0 Å². The van der Waals surface area contributed by atoms with E-state index in [1.54, 1.807) is 0 Å². The Morgan fingerprint density at radius 1 is 1.33 bits per heavy atom. The van der Waals surface area contributed by atoms with E-state index < -0.39 is 0 Å². The van der Waals surface area contributed by atoms with Gasteiger partial charge in [-0.05, 0) is 37.0 Å². The van der Waals surface area contributed by atoms with Crippen LogP contribution in [-0.4, -0.2) is 27.8 Å². The molecule has 1 aromatic rings. The van der Waals surface area contributed by atoms with E-state index in [1.165, 1.54) is 30.4 Å². The molecule has 3 nitrogen and oxygen atoms in total. The van der Waals surface area contributed by atoms with Crippen molar-refractivity contribution in [1.82, 2.24) is 9.88 Å². The summed E-state index contributed by atoms with van der Waals surface area (Å²) in [6.07, 6.45) is 8.99. The molecule has 0 amide bonds. The second-order valence-corrected chi connectivity index (χ2v) is 5.66. The molecule has 2 aliphatic heterocycles. The third kappa shape index (κ3) is 2.19. The minimum absolute atomic E-state index is 0.462. The van der Waals surface area contributed by atoms with Crippen LogP contribution >= 0.6 is 0 Å². The Labute approximate surface area is 108 Å². The average molecular weight is 244 g/mol. The second kappa shape index (κ2) is 4.81. The van der Waals surface area contributed by atoms with E-state index in [4.69, 9.17) is 0 Å². The van der Waals surface area contributed by atoms with Crippen molar-refractivity contribution in [2.24, 2.45) is 0 Å². The van der Waals surface area contributed by atoms with Crippen LogP contribution in [-0.2, 0) is 11.3 Å². The van der Waals surface area contributed by atoms with Gasteiger partial charge in [0.05, 0.1) is 0 Å². The quantitative estimate of drug-likeness (QED) is 0.801. The summed E-state index contributed by atoms with van der Waals surface area (Å²) >= 11 is 0. The molecule has 0 N–H and O–H groups in total. The van der Waals surface area contributed by atoms with E-state index in [9.17, 15) is 4.79 Å². The fraction of sp³-hybridized carbons (Fsp3) is 0.600. The largest absolute Gasteiger partial charge is 0.300 e. The summed E-state index contributed by atoms with van der Waals surface area (Å²) in [6.45, 7) is 3.10. The Kier molecular flexibility index (Phi) is 3.16. The Bertz CT molecular complexity index is 442. The molecular formula is C15H20N2O. The third-order valence-corrected chi connectivity index (χ3v) is 4.44. The Morgan fingerprint density at radius 2 is 2.06 bits per heavy atom. The first kappa shape index (κ1) is 11.8. The number of rotatable bonds is 2. The number of fused-ring (bicyclic) bond motifs is 2. The highest BCUT2D eigenvalue weighted by atomic mass is 16.1. The number of carbonyl (C=O) groups is 1. The smallest absolute Gasteiger partial charge is 0.136 e. The van der Waals surface area contributed by atoms with Crippen LogP contribution in [0.1, 0.15) is 43.2 Å². The van der Waals surface area contributed by atoms with E-state index in [-0.39, 0.29) is 0 Å². The molecule has 96 valence electrons. The molecule has 2 atom stereocenters. The number of nitrogens with zero attached hydrogens (tertiary/aromatic N) is 2. The molecule has 3 heteroatoms. The number of ketones is 1. The topological polar surface area (TPSA) is 33.2 Å². The highest BCUT2D eigenvalue weighted by Crippen LogP contribution is 2.33. The molecule has 0 saturated carbocycles. The number of hydrogen-bond donors (Lipinski definition) is 0. The van der Waals surface area contributed by atoms with Crippen LogP contribution in [0.15, 0.2) is 18.5 Å². The van der Waals surface area contributed by atoms with Gasteiger partial charge in [-0.25, -0.2) is 0 Å². The Hall–Kier alpha value is -1.22. The van der Waals surface area contributed by atoms with E-state index in [1.807, 2.05) is 12.4 Å². The molecule has 2 fully saturated rings. The fourth-order valence-corrected chi connectivity index (χ4v) is 3.38. The first-order valence-electron chi connectivity index (χ1n) is 6.91. The van der Waals surface area contributed by atoms with Crippen LogP contribution in [0.4, 0.5) is 0 Å². The van der Waals surface area contributed by atoms with Crippen molar-refractivity contribution < 1.29 is 4.79 Å². The van der Waals surface area contributed by atoms with E-state index in [0.29, 0.717) is 17.9 Å². The molecular weight excluding hydrogens is 224 g/mol. The highest BCUT2D eigenvalue weighted by molar-refractivity contribution is 5.80. The summed E-state index contributed by atoms with van der Waals surface area (Å²) in [4.78, 5) is 18.5. The molecule has 1 aromatic heterocycles. The maximum atomic E-state index is 11.7. The van der Waals surface area contributed by atoms with Crippen molar-refractivity contribution >= 4 is 5.78 Å². The van der Waals surface area contributed by atoms with Crippen LogP contribution in [0.25, 0.3) is 0 Å². The average Bonchev–Trinajstić information content (AvgIpc) is 2.33. The van der Waals surface area contributed by atoms with Gasteiger partial charge in [0.15, 0.2) is 0 Å². The maximum Gasteiger partial charge on any atom is 0.136 e. The Balaban J connectivity index is 1.80. The molecule has 2 bridgehead atoms. The van der Waals surface area contributed by atoms with Gasteiger partial charge in [-0.3, -0.25) is 14.7 Å². The van der Waals surface area contributed by atoms with Crippen LogP contribution in [0.5, 0.6) is 0 Å². The molecule has 2 saturated heterocycles. The van der Waals surface area contributed by atoms with Gasteiger partial charge >= 0.3 is 0 Å². The van der Waals surface area contributed by atoms with E-state index in [2.05, 4.69) is 22.9 Å². The molecule has 0 aromatic carbocycles. The molecule has 0 spiro atoms. The summed E-state index contributed by atoms with van der Waals surface area (Å²) in [5.41, 5.74) is 2.61. The molecule has 0 radical (unpaired) electrons. The standard InChI is InChI=1S/C15H20N2O/c1-11-5-6-16-9-12(11)10-17-13-3-2-4-14(17)8-15(18)7-13/h5-6,9,13-14H,2-4,7-8,10H2,1H3. The number of piperidine rings is 2. The van der Waals surface area contributed by atoms with Gasteiger partial charge in [-0.1, -0.05) is 6.42 Å². The third-order valence-electron chi connectivity index (χ3n) is 4.44. The molecule has 2 aliphatic rings. The summed E-state index contributed by atoms with van der Waals surface area (Å²) in [6, 6.07) is 3.02. The molecule has 3 rings (SSSR count). The summed E-state index contributed by atoms with van der Waals surface area (Å²) < 4.78 is 0. The van der Waals surface area contributed by atoms with Gasteiger partial charge in [0.25, 0.3) is 0 Å². The monoisotopic (exact) mass is 244 g/mol. The lowest BCUT2D eigenvalue weighted by molar-refractivity contribution is -0.127. The molecule has 18 heavy (non-hydrogen) atoms. The first-order chi connectivity index (χ1) is 8.74. The van der Waals surface area contributed by atoms with Crippen molar-refractivity contribution in [2.45, 2.75) is 57.7 Å². The van der Waals surface area contributed by atoms with Crippen molar-refractivity contribution in [2.75, 3.05) is 0 Å². The minimum atomic E-state index is 0.462. The predicted octanol–water partition coefficient (Wildman–Crippen LogP) is 2.48. The number of Topliss-reactive ketones (excluding diaryl/α,β-unsaturated/α-hetero) is 1.